The summed E-state index contributed by atoms with van der Waals surface area (Å²) in [6.45, 7) is 3.94. The summed E-state index contributed by atoms with van der Waals surface area (Å²) in [5.74, 6) is -0.221. The van der Waals surface area contributed by atoms with E-state index < -0.39 is 20.0 Å². The van der Waals surface area contributed by atoms with E-state index in [1.54, 1.807) is 6.08 Å². The Kier molecular flexibility index (Phi) is 27.0. The van der Waals surface area contributed by atoms with Gasteiger partial charge in [0.05, 0.1) is 25.4 Å². The fourth-order valence-corrected chi connectivity index (χ4v) is 4.79. The number of phosphoric ester groups is 1. The molecule has 9 heteroatoms. The minimum absolute atomic E-state index is 0.0715. The molecule has 0 heterocycles. The lowest BCUT2D eigenvalue weighted by atomic mass is 10.1. The van der Waals surface area contributed by atoms with Crippen molar-refractivity contribution in [2.45, 2.75) is 135 Å². The Bertz CT molecular complexity index is 729. The quantitative estimate of drug-likeness (QED) is 0.0431. The average Bonchev–Trinajstić information content (AvgIpc) is 2.93. The normalized spacial score (nSPS) is 15.2. The van der Waals surface area contributed by atoms with Crippen molar-refractivity contribution in [3.8, 4) is 0 Å². The van der Waals surface area contributed by atoms with Crippen LogP contribution in [0.3, 0.4) is 0 Å². The molecule has 0 saturated heterocycles. The molecule has 0 bridgehead atoms. The lowest BCUT2D eigenvalue weighted by molar-refractivity contribution is -0.123. The number of aliphatic hydroxyl groups excluding tert-OH is 1. The summed E-state index contributed by atoms with van der Waals surface area (Å²) in [6, 6.07) is -0.875. The van der Waals surface area contributed by atoms with E-state index in [0.29, 0.717) is 6.42 Å². The van der Waals surface area contributed by atoms with E-state index in [-0.39, 0.29) is 25.7 Å². The van der Waals surface area contributed by atoms with Gasteiger partial charge in [-0.3, -0.25) is 13.8 Å². The van der Waals surface area contributed by atoms with Crippen LogP contribution >= 0.6 is 7.82 Å². The monoisotopic (exact) mass is 586 g/mol. The van der Waals surface area contributed by atoms with Gasteiger partial charge in [-0.2, -0.15) is 0 Å². The van der Waals surface area contributed by atoms with Crippen LogP contribution < -0.4 is 11.1 Å². The molecule has 0 saturated carbocycles. The second-order valence-corrected chi connectivity index (χ2v) is 11.8. The van der Waals surface area contributed by atoms with Gasteiger partial charge in [0, 0.05) is 13.0 Å². The van der Waals surface area contributed by atoms with Crippen LogP contribution in [0.5, 0.6) is 0 Å². The van der Waals surface area contributed by atoms with Crippen molar-refractivity contribution in [2.24, 2.45) is 5.73 Å². The molecule has 0 aliphatic carbocycles. The van der Waals surface area contributed by atoms with Gasteiger partial charge in [0.1, 0.15) is 0 Å². The van der Waals surface area contributed by atoms with Crippen LogP contribution in [0.4, 0.5) is 0 Å². The molecule has 0 rings (SSSR count). The van der Waals surface area contributed by atoms with E-state index in [1.165, 1.54) is 38.5 Å². The molecule has 0 aromatic heterocycles. The smallest absolute Gasteiger partial charge is 0.387 e. The van der Waals surface area contributed by atoms with Gasteiger partial charge in [-0.25, -0.2) is 4.57 Å². The van der Waals surface area contributed by atoms with E-state index in [0.717, 1.165) is 64.2 Å². The molecule has 3 unspecified atom stereocenters. The number of nitrogens with two attached hydrogens (primary N) is 1. The number of unbranched alkanes of at least 4 members (excludes halogenated alkanes) is 12. The number of carbonyl (C=O) groups is 1. The Morgan fingerprint density at radius 1 is 0.800 bits per heavy atom. The van der Waals surface area contributed by atoms with Crippen LogP contribution in [-0.4, -0.2) is 47.8 Å². The standard InChI is InChI=1S/C31H59N2O6P/c1-3-5-7-9-11-12-13-14-15-16-17-19-21-23-25-31(35)33-29(28-39-40(36,37)38-27-26-32)30(34)24-22-20-18-10-8-6-4-2/h8,10,13-14,22,24,29-30,34H,3-7,9,11-12,15-21,23,25-28,32H2,1-2H3,(H,33,35)(H,36,37)/b10-8+,14-13-,24-22+. The molecule has 1 amide bonds. The van der Waals surface area contributed by atoms with Crippen molar-refractivity contribution in [3.63, 3.8) is 0 Å². The molecule has 234 valence electrons. The van der Waals surface area contributed by atoms with Crippen LogP contribution in [0.25, 0.3) is 0 Å². The summed E-state index contributed by atoms with van der Waals surface area (Å²) in [7, 11) is -4.33. The number of nitrogens with one attached hydrogen (secondary N) is 1. The summed E-state index contributed by atoms with van der Waals surface area (Å²) in [4.78, 5) is 22.4. The van der Waals surface area contributed by atoms with Crippen molar-refractivity contribution < 1.29 is 28.4 Å². The molecular weight excluding hydrogens is 527 g/mol. The Balaban J connectivity index is 4.39. The van der Waals surface area contributed by atoms with Crippen molar-refractivity contribution in [1.29, 1.82) is 0 Å². The van der Waals surface area contributed by atoms with Gasteiger partial charge in [-0.1, -0.05) is 102 Å². The number of hydrogen-bond acceptors (Lipinski definition) is 6. The predicted molar refractivity (Wildman–Crippen MR) is 166 cm³/mol. The zero-order valence-electron chi connectivity index (χ0n) is 25.3. The summed E-state index contributed by atoms with van der Waals surface area (Å²) in [6.07, 6.45) is 29.3. The highest BCUT2D eigenvalue weighted by atomic mass is 31.2. The number of aliphatic hydroxyl groups is 1. The molecule has 0 radical (unpaired) electrons. The highest BCUT2D eigenvalue weighted by Crippen LogP contribution is 2.43. The van der Waals surface area contributed by atoms with Crippen LogP contribution in [-0.2, 0) is 18.4 Å². The molecule has 0 aromatic carbocycles. The van der Waals surface area contributed by atoms with Gasteiger partial charge in [-0.05, 0) is 51.4 Å². The van der Waals surface area contributed by atoms with E-state index in [9.17, 15) is 19.4 Å². The maximum Gasteiger partial charge on any atom is 0.472 e. The highest BCUT2D eigenvalue weighted by molar-refractivity contribution is 7.47. The van der Waals surface area contributed by atoms with E-state index >= 15 is 0 Å². The van der Waals surface area contributed by atoms with Gasteiger partial charge >= 0.3 is 7.82 Å². The third-order valence-corrected chi connectivity index (χ3v) is 7.40. The van der Waals surface area contributed by atoms with Gasteiger partial charge in [0.15, 0.2) is 0 Å². The summed E-state index contributed by atoms with van der Waals surface area (Å²) in [5, 5.41) is 13.4. The first-order valence-corrected chi connectivity index (χ1v) is 17.1. The molecule has 5 N–H and O–H groups in total. The van der Waals surface area contributed by atoms with E-state index in [2.05, 4.69) is 43.5 Å². The summed E-state index contributed by atoms with van der Waals surface area (Å²) < 4.78 is 21.8. The Morgan fingerprint density at radius 3 is 2.02 bits per heavy atom. The zero-order valence-corrected chi connectivity index (χ0v) is 26.2. The molecule has 0 aromatic rings. The lowest BCUT2D eigenvalue weighted by Crippen LogP contribution is -2.45. The first kappa shape index (κ1) is 38.7. The van der Waals surface area contributed by atoms with Crippen LogP contribution in [0.15, 0.2) is 36.5 Å². The number of amides is 1. The van der Waals surface area contributed by atoms with Crippen molar-refractivity contribution >= 4 is 13.7 Å². The van der Waals surface area contributed by atoms with E-state index in [4.69, 9.17) is 14.8 Å². The minimum Gasteiger partial charge on any atom is -0.387 e. The molecule has 0 aliphatic rings. The predicted octanol–water partition coefficient (Wildman–Crippen LogP) is 7.26. The van der Waals surface area contributed by atoms with Gasteiger partial charge in [0.25, 0.3) is 0 Å². The van der Waals surface area contributed by atoms with Crippen LogP contribution in [0.2, 0.25) is 0 Å². The molecule has 40 heavy (non-hydrogen) atoms. The van der Waals surface area contributed by atoms with E-state index in [1.807, 2.05) is 6.08 Å². The first-order valence-electron chi connectivity index (χ1n) is 15.6. The van der Waals surface area contributed by atoms with Gasteiger partial charge in [-0.15, -0.1) is 0 Å². The topological polar surface area (TPSA) is 131 Å². The second-order valence-electron chi connectivity index (χ2n) is 10.3. The Labute approximate surface area is 244 Å². The van der Waals surface area contributed by atoms with Gasteiger partial charge in [0.2, 0.25) is 5.91 Å². The fourth-order valence-electron chi connectivity index (χ4n) is 4.03. The fraction of sp³-hybridized carbons (Fsp3) is 0.774. The molecular formula is C31H59N2O6P. The lowest BCUT2D eigenvalue weighted by Gasteiger charge is -2.23. The third kappa shape index (κ3) is 25.7. The number of rotatable bonds is 28. The maximum absolute atomic E-state index is 12.6. The molecule has 0 fully saturated rings. The van der Waals surface area contributed by atoms with Crippen molar-refractivity contribution in [3.05, 3.63) is 36.5 Å². The number of phosphoric acid groups is 1. The number of allylic oxidation sites excluding steroid dienone is 5. The second kappa shape index (κ2) is 27.9. The zero-order chi connectivity index (χ0) is 29.7. The Hall–Kier alpha value is -1.28. The average molecular weight is 587 g/mol. The first-order chi connectivity index (χ1) is 19.4. The molecule has 0 aliphatic heterocycles. The number of carbonyl (C=O) groups excluding carboxylic acids is 1. The van der Waals surface area contributed by atoms with Crippen molar-refractivity contribution in [2.75, 3.05) is 19.8 Å². The number of hydrogen-bond donors (Lipinski definition) is 4. The molecule has 0 spiro atoms. The SMILES string of the molecule is CCC/C=C/CC/C=C/C(O)C(COP(=O)(O)OCCN)NC(=O)CCCCCCC/C=C\CCCCCCC. The Morgan fingerprint density at radius 2 is 1.38 bits per heavy atom. The minimum atomic E-state index is -4.33. The highest BCUT2D eigenvalue weighted by Gasteiger charge is 2.26. The summed E-state index contributed by atoms with van der Waals surface area (Å²) in [5.41, 5.74) is 5.31. The summed E-state index contributed by atoms with van der Waals surface area (Å²) >= 11 is 0. The molecule has 3 atom stereocenters. The van der Waals surface area contributed by atoms with Gasteiger partial charge < -0.3 is 21.1 Å². The third-order valence-electron chi connectivity index (χ3n) is 6.42. The maximum atomic E-state index is 12.6. The van der Waals surface area contributed by atoms with Crippen LogP contribution in [0.1, 0.15) is 123 Å². The van der Waals surface area contributed by atoms with Crippen LogP contribution in [0, 0.1) is 0 Å². The van der Waals surface area contributed by atoms with Crippen molar-refractivity contribution in [1.82, 2.24) is 5.32 Å². The largest absolute Gasteiger partial charge is 0.472 e. The molecule has 8 nitrogen and oxygen atoms in total.